The Kier molecular flexibility index (Phi) is 6.92. The fourth-order valence-electron chi connectivity index (χ4n) is 2.57. The van der Waals surface area contributed by atoms with Crippen molar-refractivity contribution >= 4 is 11.4 Å². The Labute approximate surface area is 143 Å². The van der Waals surface area contributed by atoms with Gasteiger partial charge in [0, 0.05) is 17.8 Å². The van der Waals surface area contributed by atoms with Crippen molar-refractivity contribution in [1.82, 2.24) is 4.72 Å². The van der Waals surface area contributed by atoms with Gasteiger partial charge in [-0.15, -0.1) is 4.72 Å². The lowest BCUT2D eigenvalue weighted by atomic mass is 9.98. The normalized spacial score (nSPS) is 19.5. The Balaban J connectivity index is 2.06. The Morgan fingerprint density at radius 3 is 2.52 bits per heavy atom. The van der Waals surface area contributed by atoms with Crippen LogP contribution in [0.1, 0.15) is 57.2 Å². The third kappa shape index (κ3) is 5.76. The van der Waals surface area contributed by atoms with Gasteiger partial charge in [-0.05, 0) is 51.7 Å². The molecule has 0 spiro atoms. The minimum absolute atomic E-state index is 0.0328. The Morgan fingerprint density at radius 1 is 1.26 bits per heavy atom. The van der Waals surface area contributed by atoms with Crippen LogP contribution in [0.4, 0.5) is 0 Å². The number of aryl methyl sites for hydroxylation is 1. The van der Waals surface area contributed by atoms with Gasteiger partial charge in [-0.2, -0.15) is 0 Å². The molecule has 1 saturated heterocycles. The second-order valence-electron chi connectivity index (χ2n) is 7.01. The number of hydrogen-bond acceptors (Lipinski definition) is 4. The van der Waals surface area contributed by atoms with E-state index in [0.29, 0.717) is 0 Å². The topological polar surface area (TPSA) is 53.5 Å². The molecule has 0 saturated carbocycles. The molecule has 0 radical (unpaired) electrons. The highest BCUT2D eigenvalue weighted by Crippen LogP contribution is 2.27. The minimum Gasteiger partial charge on any atom is -0.598 e. The highest BCUT2D eigenvalue weighted by atomic mass is 32.2. The predicted molar refractivity (Wildman–Crippen MR) is 94.5 cm³/mol. The number of ether oxygens (including phenoxy) is 2. The summed E-state index contributed by atoms with van der Waals surface area (Å²) in [5, 5.41) is 0. The van der Waals surface area contributed by atoms with E-state index in [0.717, 1.165) is 32.5 Å². The zero-order chi connectivity index (χ0) is 16.9. The molecule has 0 aromatic heterocycles. The summed E-state index contributed by atoms with van der Waals surface area (Å²) in [6.07, 6.45) is 2.45. The zero-order valence-corrected chi connectivity index (χ0v) is 15.4. The molecule has 1 aromatic rings. The van der Waals surface area contributed by atoms with Crippen LogP contribution in [0.3, 0.4) is 0 Å². The average molecular weight is 340 g/mol. The van der Waals surface area contributed by atoms with Crippen LogP contribution in [0, 0.1) is 6.92 Å². The van der Waals surface area contributed by atoms with E-state index in [-0.39, 0.29) is 17.1 Å². The van der Waals surface area contributed by atoms with Gasteiger partial charge in [0.15, 0.2) is 6.29 Å². The molecule has 0 bridgehead atoms. The molecule has 0 unspecified atom stereocenters. The van der Waals surface area contributed by atoms with E-state index in [4.69, 9.17) is 9.47 Å². The van der Waals surface area contributed by atoms with Gasteiger partial charge in [0.05, 0.1) is 19.3 Å². The van der Waals surface area contributed by atoms with Gasteiger partial charge >= 0.3 is 0 Å². The number of rotatable bonds is 6. The zero-order valence-electron chi connectivity index (χ0n) is 14.6. The van der Waals surface area contributed by atoms with Gasteiger partial charge in [-0.1, -0.05) is 24.3 Å². The Hall–Kier alpha value is -0.590. The summed E-state index contributed by atoms with van der Waals surface area (Å²) in [4.78, 5) is 0. The summed E-state index contributed by atoms with van der Waals surface area (Å²) in [6.45, 7) is 9.58. The number of hydrogen-bond donors (Lipinski definition) is 1. The summed E-state index contributed by atoms with van der Waals surface area (Å²) < 4.78 is 26.9. The van der Waals surface area contributed by atoms with Crippen LogP contribution >= 0.6 is 0 Å². The Morgan fingerprint density at radius 2 is 1.91 bits per heavy atom. The molecular formula is C18H29NO3S. The van der Waals surface area contributed by atoms with Crippen molar-refractivity contribution in [3.05, 3.63) is 35.4 Å². The lowest BCUT2D eigenvalue weighted by molar-refractivity contribution is -0.182. The van der Waals surface area contributed by atoms with Gasteiger partial charge in [0.1, 0.15) is 4.75 Å². The van der Waals surface area contributed by atoms with Crippen molar-refractivity contribution in [2.45, 2.75) is 64.0 Å². The SMILES string of the molecule is Cc1ccccc1[C@H](CCC1OCCCO1)N[S@@+]([O-])C(C)(C)C. The predicted octanol–water partition coefficient (Wildman–Crippen LogP) is 3.63. The van der Waals surface area contributed by atoms with Gasteiger partial charge in [0.25, 0.3) is 0 Å². The maximum absolute atomic E-state index is 12.5. The van der Waals surface area contributed by atoms with Crippen molar-refractivity contribution < 1.29 is 14.0 Å². The monoisotopic (exact) mass is 339 g/mol. The van der Waals surface area contributed by atoms with Crippen molar-refractivity contribution in [3.8, 4) is 0 Å². The molecule has 1 fully saturated rings. The first-order valence-electron chi connectivity index (χ1n) is 8.34. The lowest BCUT2D eigenvalue weighted by Crippen LogP contribution is -2.41. The van der Waals surface area contributed by atoms with E-state index < -0.39 is 11.4 Å². The smallest absolute Gasteiger partial charge is 0.157 e. The van der Waals surface area contributed by atoms with Crippen LogP contribution in [-0.4, -0.2) is 28.8 Å². The molecule has 2 atom stereocenters. The minimum atomic E-state index is -1.11. The van der Waals surface area contributed by atoms with E-state index in [1.807, 2.05) is 32.9 Å². The quantitative estimate of drug-likeness (QED) is 0.804. The van der Waals surface area contributed by atoms with Gasteiger partial charge in [0.2, 0.25) is 0 Å². The van der Waals surface area contributed by atoms with Gasteiger partial charge < -0.3 is 14.0 Å². The summed E-state index contributed by atoms with van der Waals surface area (Å²) in [5.74, 6) is 0. The molecule has 1 aromatic carbocycles. The van der Waals surface area contributed by atoms with Crippen LogP contribution in [0.25, 0.3) is 0 Å². The van der Waals surface area contributed by atoms with E-state index in [9.17, 15) is 4.55 Å². The average Bonchev–Trinajstić information content (AvgIpc) is 2.52. The first kappa shape index (κ1) is 18.7. The molecule has 4 nitrogen and oxygen atoms in total. The van der Waals surface area contributed by atoms with Crippen LogP contribution in [0.15, 0.2) is 24.3 Å². The molecule has 5 heteroatoms. The molecular weight excluding hydrogens is 310 g/mol. The van der Waals surface area contributed by atoms with Gasteiger partial charge in [-0.3, -0.25) is 0 Å². The molecule has 1 aliphatic rings. The maximum atomic E-state index is 12.5. The summed E-state index contributed by atoms with van der Waals surface area (Å²) >= 11 is -1.11. The lowest BCUT2D eigenvalue weighted by Gasteiger charge is -2.30. The summed E-state index contributed by atoms with van der Waals surface area (Å²) in [7, 11) is 0. The van der Waals surface area contributed by atoms with Crippen molar-refractivity contribution in [2.24, 2.45) is 0 Å². The number of nitrogens with one attached hydrogen (secondary N) is 1. The fourth-order valence-corrected chi connectivity index (χ4v) is 3.42. The molecule has 23 heavy (non-hydrogen) atoms. The number of benzene rings is 1. The molecule has 2 rings (SSSR count). The fraction of sp³-hybridized carbons (Fsp3) is 0.667. The van der Waals surface area contributed by atoms with Crippen molar-refractivity contribution in [3.63, 3.8) is 0 Å². The summed E-state index contributed by atoms with van der Waals surface area (Å²) in [5.41, 5.74) is 2.40. The first-order valence-corrected chi connectivity index (χ1v) is 9.49. The van der Waals surface area contributed by atoms with Crippen LogP contribution < -0.4 is 4.72 Å². The molecule has 130 valence electrons. The maximum Gasteiger partial charge on any atom is 0.157 e. The second-order valence-corrected chi connectivity index (χ2v) is 9.01. The van der Waals surface area contributed by atoms with Gasteiger partial charge in [-0.25, -0.2) is 0 Å². The highest BCUT2D eigenvalue weighted by Gasteiger charge is 2.30. The molecule has 1 aliphatic heterocycles. The largest absolute Gasteiger partial charge is 0.598 e. The van der Waals surface area contributed by atoms with Crippen LogP contribution in [-0.2, 0) is 20.8 Å². The molecule has 0 amide bonds. The Bertz CT molecular complexity index is 483. The third-order valence-corrected chi connectivity index (χ3v) is 5.57. The standard InChI is InChI=1S/C18H29NO3S/c1-14-8-5-6-9-15(14)16(19-23(20)18(2,3)4)10-11-17-21-12-7-13-22-17/h5-6,8-9,16-17,19H,7,10-13H2,1-4H3/t16-,23-/m0/s1. The van der Waals surface area contributed by atoms with E-state index in [1.54, 1.807) is 0 Å². The van der Waals surface area contributed by atoms with E-state index in [1.165, 1.54) is 11.1 Å². The highest BCUT2D eigenvalue weighted by molar-refractivity contribution is 7.90. The van der Waals surface area contributed by atoms with Crippen molar-refractivity contribution in [2.75, 3.05) is 13.2 Å². The molecule has 0 aliphatic carbocycles. The van der Waals surface area contributed by atoms with Crippen LogP contribution in [0.2, 0.25) is 0 Å². The second kappa shape index (κ2) is 8.49. The molecule has 1 N–H and O–H groups in total. The van der Waals surface area contributed by atoms with E-state index >= 15 is 0 Å². The van der Waals surface area contributed by atoms with Crippen LogP contribution in [0.5, 0.6) is 0 Å². The van der Waals surface area contributed by atoms with Crippen molar-refractivity contribution in [1.29, 1.82) is 0 Å². The first-order chi connectivity index (χ1) is 10.9. The third-order valence-electron chi connectivity index (χ3n) is 3.96. The molecule has 1 heterocycles. The van der Waals surface area contributed by atoms with E-state index in [2.05, 4.69) is 23.8 Å². The summed E-state index contributed by atoms with van der Waals surface area (Å²) in [6, 6.07) is 8.30.